The lowest BCUT2D eigenvalue weighted by Crippen LogP contribution is -2.49. The smallest absolute Gasteiger partial charge is 0.267 e. The van der Waals surface area contributed by atoms with Gasteiger partial charge in [0, 0.05) is 18.8 Å². The molecule has 0 radical (unpaired) electrons. The number of pyridine rings is 1. The number of aryl methyl sites for hydroxylation is 1. The van der Waals surface area contributed by atoms with Gasteiger partial charge in [0.2, 0.25) is 5.91 Å². The van der Waals surface area contributed by atoms with Crippen LogP contribution in [0.15, 0.2) is 59.8 Å². The molecule has 2 aromatic heterocycles. The Bertz CT molecular complexity index is 1080. The van der Waals surface area contributed by atoms with Gasteiger partial charge in [-0.25, -0.2) is 14.3 Å². The Kier molecular flexibility index (Phi) is 6.56. The van der Waals surface area contributed by atoms with Gasteiger partial charge in [0.05, 0.1) is 24.0 Å². The van der Waals surface area contributed by atoms with Crippen LogP contribution in [-0.2, 0) is 11.3 Å². The molecule has 0 aliphatic carbocycles. The molecule has 164 valence electrons. The molecule has 0 saturated carbocycles. The summed E-state index contributed by atoms with van der Waals surface area (Å²) in [5.74, 6) is -2.77. The molecule has 3 rings (SSSR count). The molecular formula is C20H21F2N5O4. The van der Waals surface area contributed by atoms with Crippen LogP contribution in [0.4, 0.5) is 8.78 Å². The van der Waals surface area contributed by atoms with Crippen LogP contribution in [0.25, 0.3) is 16.8 Å². The number of aromatic nitrogens is 4. The number of carbonyl (C=O) groups excluding carboxylic acids is 1. The number of rotatable bonds is 8. The van der Waals surface area contributed by atoms with E-state index in [9.17, 15) is 23.5 Å². The Hall–Kier alpha value is -3.44. The molecule has 0 aliphatic heterocycles. The van der Waals surface area contributed by atoms with Crippen LogP contribution in [0.2, 0.25) is 0 Å². The molecule has 0 bridgehead atoms. The first-order valence-corrected chi connectivity index (χ1v) is 9.36. The zero-order valence-electron chi connectivity index (χ0n) is 16.5. The van der Waals surface area contributed by atoms with Crippen molar-refractivity contribution in [3.63, 3.8) is 0 Å². The number of halogens is 2. The fourth-order valence-electron chi connectivity index (χ4n) is 3.20. The lowest BCUT2D eigenvalue weighted by molar-refractivity contribution is -0.159. The molecule has 2 atom stereocenters. The molecule has 1 aromatic carbocycles. The maximum Gasteiger partial charge on any atom is 0.267 e. The van der Waals surface area contributed by atoms with Gasteiger partial charge >= 0.3 is 0 Å². The third-order valence-corrected chi connectivity index (χ3v) is 5.08. The molecule has 0 fully saturated rings. The summed E-state index contributed by atoms with van der Waals surface area (Å²) >= 11 is 0. The Balaban J connectivity index is 1.76. The molecule has 2 heterocycles. The summed E-state index contributed by atoms with van der Waals surface area (Å²) in [7, 11) is 0. The highest BCUT2D eigenvalue weighted by Gasteiger charge is 2.44. The summed E-state index contributed by atoms with van der Waals surface area (Å²) < 4.78 is 27.5. The summed E-state index contributed by atoms with van der Waals surface area (Å²) in [6, 6.07) is 10.3. The molecule has 0 aliphatic rings. The van der Waals surface area contributed by atoms with Crippen LogP contribution in [0, 0.1) is 5.92 Å². The van der Waals surface area contributed by atoms with Gasteiger partial charge in [0.15, 0.2) is 0 Å². The summed E-state index contributed by atoms with van der Waals surface area (Å²) in [5, 5.41) is 26.9. The minimum absolute atomic E-state index is 0.107. The second-order valence-electron chi connectivity index (χ2n) is 7.16. The minimum Gasteiger partial charge on any atom is -0.383 e. The molecule has 11 heteroatoms. The van der Waals surface area contributed by atoms with Gasteiger partial charge in [-0.05, 0) is 42.7 Å². The van der Waals surface area contributed by atoms with Crippen molar-refractivity contribution in [1.82, 2.24) is 25.0 Å². The van der Waals surface area contributed by atoms with Gasteiger partial charge in [0.1, 0.15) is 5.60 Å². The van der Waals surface area contributed by atoms with E-state index in [4.69, 9.17) is 5.21 Å². The van der Waals surface area contributed by atoms with Crippen LogP contribution in [0.5, 0.6) is 0 Å². The van der Waals surface area contributed by atoms with Crippen molar-refractivity contribution in [2.75, 3.05) is 0 Å². The van der Waals surface area contributed by atoms with E-state index in [1.165, 1.54) is 27.1 Å². The maximum atomic E-state index is 13.1. The Morgan fingerprint density at radius 2 is 1.81 bits per heavy atom. The van der Waals surface area contributed by atoms with Gasteiger partial charge in [-0.3, -0.25) is 14.8 Å². The normalized spacial score (nSPS) is 14.3. The number of aliphatic hydroxyl groups is 1. The molecule has 3 aromatic rings. The first-order valence-electron chi connectivity index (χ1n) is 9.36. The molecule has 0 saturated heterocycles. The molecule has 0 spiro atoms. The van der Waals surface area contributed by atoms with E-state index in [0.29, 0.717) is 5.56 Å². The summed E-state index contributed by atoms with van der Waals surface area (Å²) in [6.45, 7) is 0.704. The average molecular weight is 433 g/mol. The largest absolute Gasteiger partial charge is 0.383 e. The lowest BCUT2D eigenvalue weighted by Gasteiger charge is -2.30. The molecule has 1 amide bonds. The van der Waals surface area contributed by atoms with Crippen LogP contribution in [0.1, 0.15) is 13.3 Å². The highest BCUT2D eigenvalue weighted by atomic mass is 19.3. The summed E-state index contributed by atoms with van der Waals surface area (Å²) in [5.41, 5.74) is 0.391. The molecular weight excluding hydrogens is 412 g/mol. The monoisotopic (exact) mass is 433 g/mol. The highest BCUT2D eigenvalue weighted by Crippen LogP contribution is 2.28. The van der Waals surface area contributed by atoms with Crippen LogP contribution < -0.4 is 11.0 Å². The van der Waals surface area contributed by atoms with Gasteiger partial charge in [0.25, 0.3) is 12.0 Å². The number of hydroxylamine groups is 1. The Morgan fingerprint density at radius 1 is 1.16 bits per heavy atom. The van der Waals surface area contributed by atoms with E-state index in [0.717, 1.165) is 18.2 Å². The topological polar surface area (TPSA) is 122 Å². The predicted molar refractivity (Wildman–Crippen MR) is 106 cm³/mol. The van der Waals surface area contributed by atoms with Gasteiger partial charge in [-0.2, -0.15) is 15.0 Å². The van der Waals surface area contributed by atoms with Crippen molar-refractivity contribution in [2.45, 2.75) is 31.9 Å². The van der Waals surface area contributed by atoms with Crippen molar-refractivity contribution >= 4 is 5.91 Å². The average Bonchev–Trinajstić information content (AvgIpc) is 3.29. The number of carbonyl (C=O) groups is 1. The van der Waals surface area contributed by atoms with Gasteiger partial charge < -0.3 is 9.67 Å². The van der Waals surface area contributed by atoms with Crippen molar-refractivity contribution in [2.24, 2.45) is 5.92 Å². The number of nitrogens with zero attached hydrogens (tertiary/aromatic N) is 4. The number of hydrogen-bond donors (Lipinski definition) is 3. The number of alkyl halides is 2. The third kappa shape index (κ3) is 4.84. The van der Waals surface area contributed by atoms with Crippen molar-refractivity contribution < 1.29 is 23.9 Å². The fraction of sp³-hybridized carbons (Fsp3) is 0.300. The zero-order chi connectivity index (χ0) is 22.6. The predicted octanol–water partition coefficient (Wildman–Crippen LogP) is 1.62. The molecule has 31 heavy (non-hydrogen) atoms. The standard InChI is InChI=1S/C20H21F2N5O4/c1-20(30,19(21)22)16(18(29)25-31)7-11-26-10-6-14(12-17(26)28)13-2-4-15(5-3-13)27-23-8-9-24-27/h2-6,8-10,12,16,19,30-31H,7,11H2,1H3,(H,25,29). The Labute approximate surface area is 175 Å². The van der Waals surface area contributed by atoms with Crippen LogP contribution in [0.3, 0.4) is 0 Å². The SMILES string of the molecule is CC(O)(C(F)F)C(CCn1ccc(-c2ccc(-n3nccn3)cc2)cc1=O)C(=O)NO. The first-order chi connectivity index (χ1) is 14.7. The van der Waals surface area contributed by atoms with E-state index in [2.05, 4.69) is 10.2 Å². The number of benzene rings is 1. The van der Waals surface area contributed by atoms with E-state index in [1.807, 2.05) is 0 Å². The Morgan fingerprint density at radius 3 is 2.35 bits per heavy atom. The van der Waals surface area contributed by atoms with E-state index in [-0.39, 0.29) is 13.0 Å². The third-order valence-electron chi connectivity index (χ3n) is 5.08. The van der Waals surface area contributed by atoms with Gasteiger partial charge in [-0.15, -0.1) is 0 Å². The van der Waals surface area contributed by atoms with E-state index >= 15 is 0 Å². The summed E-state index contributed by atoms with van der Waals surface area (Å²) in [4.78, 5) is 25.7. The number of amides is 1. The van der Waals surface area contributed by atoms with Crippen molar-refractivity contribution in [1.29, 1.82) is 0 Å². The van der Waals surface area contributed by atoms with E-state index in [1.54, 1.807) is 42.7 Å². The molecule has 9 nitrogen and oxygen atoms in total. The zero-order valence-corrected chi connectivity index (χ0v) is 16.5. The van der Waals surface area contributed by atoms with Crippen LogP contribution >= 0.6 is 0 Å². The summed E-state index contributed by atoms with van der Waals surface area (Å²) in [6.07, 6.45) is 1.10. The number of nitrogens with one attached hydrogen (secondary N) is 1. The number of hydrogen-bond acceptors (Lipinski definition) is 6. The quantitative estimate of drug-likeness (QED) is 0.367. The van der Waals surface area contributed by atoms with E-state index < -0.39 is 29.4 Å². The van der Waals surface area contributed by atoms with Crippen LogP contribution in [-0.4, -0.2) is 47.8 Å². The van der Waals surface area contributed by atoms with Gasteiger partial charge in [-0.1, -0.05) is 12.1 Å². The maximum absolute atomic E-state index is 13.1. The molecule has 3 N–H and O–H groups in total. The highest BCUT2D eigenvalue weighted by molar-refractivity contribution is 5.78. The first kappa shape index (κ1) is 22.2. The lowest BCUT2D eigenvalue weighted by atomic mass is 9.86. The van der Waals surface area contributed by atoms with Crippen molar-refractivity contribution in [3.8, 4) is 16.8 Å². The minimum atomic E-state index is -3.21. The fourth-order valence-corrected chi connectivity index (χ4v) is 3.20. The second-order valence-corrected chi connectivity index (χ2v) is 7.16. The second kappa shape index (κ2) is 9.14. The van der Waals surface area contributed by atoms with Crippen molar-refractivity contribution in [3.05, 3.63) is 65.3 Å². The molecule has 2 unspecified atom stereocenters.